The molecular weight excluding hydrogens is 414 g/mol. The van der Waals surface area contributed by atoms with Gasteiger partial charge in [-0.15, -0.1) is 0 Å². The smallest absolute Gasteiger partial charge is 0.340 e. The van der Waals surface area contributed by atoms with Gasteiger partial charge in [0.1, 0.15) is 5.69 Å². The summed E-state index contributed by atoms with van der Waals surface area (Å²) in [6.07, 6.45) is 0.102. The van der Waals surface area contributed by atoms with Gasteiger partial charge in [-0.1, -0.05) is 48.0 Å². The SMILES string of the molecule is CCOC(=O)c1c2c(n(S(=O)(=O)c3ccc(C)cc3)c1C)C(=O)CC2c1ccccc1. The number of hydrogen-bond acceptors (Lipinski definition) is 5. The van der Waals surface area contributed by atoms with Crippen LogP contribution in [0.1, 0.15) is 62.5 Å². The number of ether oxygens (including phenoxy) is 1. The van der Waals surface area contributed by atoms with Crippen LogP contribution in [0.4, 0.5) is 0 Å². The summed E-state index contributed by atoms with van der Waals surface area (Å²) in [6.45, 7) is 5.24. The van der Waals surface area contributed by atoms with Crippen LogP contribution in [-0.4, -0.2) is 30.7 Å². The Labute approximate surface area is 181 Å². The number of rotatable bonds is 5. The number of benzene rings is 2. The Morgan fingerprint density at radius 2 is 1.71 bits per heavy atom. The molecule has 2 aromatic carbocycles. The van der Waals surface area contributed by atoms with Crippen molar-refractivity contribution in [1.29, 1.82) is 0 Å². The number of aromatic nitrogens is 1. The van der Waals surface area contributed by atoms with Crippen LogP contribution in [0.5, 0.6) is 0 Å². The molecule has 4 rings (SSSR count). The maximum atomic E-state index is 13.6. The molecule has 1 aliphatic carbocycles. The van der Waals surface area contributed by atoms with E-state index >= 15 is 0 Å². The predicted octanol–water partition coefficient (Wildman–Crippen LogP) is 4.24. The molecule has 0 spiro atoms. The summed E-state index contributed by atoms with van der Waals surface area (Å²) in [5.74, 6) is -1.33. The standard InChI is InChI=1S/C24H23NO5S/c1-4-30-24(27)21-16(3)25(31(28,29)18-12-10-15(2)11-13-18)23-20(26)14-19(22(21)23)17-8-6-5-7-9-17/h5-13,19H,4,14H2,1-3H3. The van der Waals surface area contributed by atoms with Gasteiger partial charge in [0, 0.05) is 23.6 Å². The molecule has 0 saturated carbocycles. The van der Waals surface area contributed by atoms with E-state index in [0.717, 1.165) is 15.1 Å². The van der Waals surface area contributed by atoms with Gasteiger partial charge in [-0.05, 0) is 38.5 Å². The highest BCUT2D eigenvalue weighted by Gasteiger charge is 2.43. The van der Waals surface area contributed by atoms with Crippen LogP contribution in [0.3, 0.4) is 0 Å². The summed E-state index contributed by atoms with van der Waals surface area (Å²) >= 11 is 0. The molecular formula is C24H23NO5S. The van der Waals surface area contributed by atoms with Crippen molar-refractivity contribution >= 4 is 21.8 Å². The van der Waals surface area contributed by atoms with Crippen molar-refractivity contribution in [3.63, 3.8) is 0 Å². The van der Waals surface area contributed by atoms with Crippen molar-refractivity contribution in [1.82, 2.24) is 3.97 Å². The number of Topliss-reactive ketones (excluding diaryl/α,β-unsaturated/α-hetero) is 1. The van der Waals surface area contributed by atoms with Crippen molar-refractivity contribution < 1.29 is 22.7 Å². The molecule has 0 saturated heterocycles. The molecule has 1 atom stereocenters. The van der Waals surface area contributed by atoms with Crippen LogP contribution in [0.15, 0.2) is 59.5 Å². The third-order valence-corrected chi connectivity index (χ3v) is 7.44. The van der Waals surface area contributed by atoms with E-state index < -0.39 is 21.9 Å². The number of aryl methyl sites for hydroxylation is 1. The Balaban J connectivity index is 2.01. The fraction of sp³-hybridized carbons (Fsp3) is 0.250. The summed E-state index contributed by atoms with van der Waals surface area (Å²) in [5.41, 5.74) is 2.61. The van der Waals surface area contributed by atoms with Gasteiger partial charge in [0.05, 0.1) is 17.1 Å². The van der Waals surface area contributed by atoms with Gasteiger partial charge in [-0.3, -0.25) is 4.79 Å². The molecule has 0 N–H and O–H groups in total. The van der Waals surface area contributed by atoms with E-state index in [1.807, 2.05) is 37.3 Å². The lowest BCUT2D eigenvalue weighted by Crippen LogP contribution is -2.19. The van der Waals surface area contributed by atoms with Gasteiger partial charge >= 0.3 is 5.97 Å². The van der Waals surface area contributed by atoms with Crippen LogP contribution in [0.2, 0.25) is 0 Å². The summed E-state index contributed by atoms with van der Waals surface area (Å²) in [7, 11) is -4.09. The van der Waals surface area contributed by atoms with E-state index in [-0.39, 0.29) is 40.7 Å². The lowest BCUT2D eigenvalue weighted by Gasteiger charge is -2.13. The Morgan fingerprint density at radius 1 is 1.06 bits per heavy atom. The summed E-state index contributed by atoms with van der Waals surface area (Å²) in [6, 6.07) is 15.8. The molecule has 160 valence electrons. The topological polar surface area (TPSA) is 82.4 Å². The molecule has 7 heteroatoms. The maximum absolute atomic E-state index is 13.6. The van der Waals surface area contributed by atoms with Crippen LogP contribution >= 0.6 is 0 Å². The van der Waals surface area contributed by atoms with E-state index in [2.05, 4.69) is 0 Å². The zero-order chi connectivity index (χ0) is 22.3. The van der Waals surface area contributed by atoms with E-state index in [0.29, 0.717) is 5.56 Å². The van der Waals surface area contributed by atoms with E-state index in [4.69, 9.17) is 4.74 Å². The first-order valence-electron chi connectivity index (χ1n) is 10.1. The molecule has 1 aliphatic rings. The van der Waals surface area contributed by atoms with Crippen LogP contribution in [0, 0.1) is 13.8 Å². The van der Waals surface area contributed by atoms with Crippen LogP contribution in [0.25, 0.3) is 0 Å². The molecule has 1 unspecified atom stereocenters. The molecule has 0 bridgehead atoms. The first kappa shape index (κ1) is 21.1. The number of esters is 1. The quantitative estimate of drug-likeness (QED) is 0.558. The van der Waals surface area contributed by atoms with E-state index in [1.54, 1.807) is 26.0 Å². The van der Waals surface area contributed by atoms with Crippen molar-refractivity contribution in [2.24, 2.45) is 0 Å². The maximum Gasteiger partial charge on any atom is 0.340 e. The monoisotopic (exact) mass is 437 g/mol. The van der Waals surface area contributed by atoms with Gasteiger partial charge in [-0.2, -0.15) is 0 Å². The summed E-state index contributed by atoms with van der Waals surface area (Å²) in [5, 5.41) is 0. The minimum absolute atomic E-state index is 0.0509. The van der Waals surface area contributed by atoms with Gasteiger partial charge in [0.15, 0.2) is 5.78 Å². The van der Waals surface area contributed by atoms with Gasteiger partial charge < -0.3 is 4.74 Å². The summed E-state index contributed by atoms with van der Waals surface area (Å²) < 4.78 is 33.4. The number of carbonyl (C=O) groups excluding carboxylic acids is 2. The number of hydrogen-bond donors (Lipinski definition) is 0. The van der Waals surface area contributed by atoms with E-state index in [9.17, 15) is 18.0 Å². The molecule has 3 aromatic rings. The molecule has 0 aliphatic heterocycles. The second-order valence-electron chi connectivity index (χ2n) is 7.62. The minimum Gasteiger partial charge on any atom is -0.462 e. The average Bonchev–Trinajstić information content (AvgIpc) is 3.23. The molecule has 1 aromatic heterocycles. The largest absolute Gasteiger partial charge is 0.462 e. The number of fused-ring (bicyclic) bond motifs is 1. The fourth-order valence-electron chi connectivity index (χ4n) is 4.23. The predicted molar refractivity (Wildman–Crippen MR) is 116 cm³/mol. The average molecular weight is 438 g/mol. The van der Waals surface area contributed by atoms with Crippen molar-refractivity contribution in [2.45, 2.75) is 38.0 Å². The Hall–Kier alpha value is -3.19. The number of ketones is 1. The minimum atomic E-state index is -4.09. The van der Waals surface area contributed by atoms with Gasteiger partial charge in [0.2, 0.25) is 0 Å². The fourth-order valence-corrected chi connectivity index (χ4v) is 5.81. The van der Waals surface area contributed by atoms with Crippen LogP contribution < -0.4 is 0 Å². The molecule has 6 nitrogen and oxygen atoms in total. The molecule has 31 heavy (non-hydrogen) atoms. The zero-order valence-electron chi connectivity index (χ0n) is 17.6. The van der Waals surface area contributed by atoms with E-state index in [1.165, 1.54) is 12.1 Å². The molecule has 1 heterocycles. The first-order valence-corrected chi connectivity index (χ1v) is 11.5. The highest BCUT2D eigenvalue weighted by atomic mass is 32.2. The lowest BCUT2D eigenvalue weighted by molar-refractivity contribution is 0.0524. The first-order chi connectivity index (χ1) is 14.8. The second kappa shape index (κ2) is 7.81. The third-order valence-electron chi connectivity index (χ3n) is 5.64. The number of nitrogens with zero attached hydrogens (tertiary/aromatic N) is 1. The Bertz CT molecular complexity index is 1270. The van der Waals surface area contributed by atoms with Gasteiger partial charge in [0.25, 0.3) is 10.0 Å². The second-order valence-corrected chi connectivity index (χ2v) is 9.40. The highest BCUT2D eigenvalue weighted by molar-refractivity contribution is 7.90. The normalized spacial score (nSPS) is 15.7. The van der Waals surface area contributed by atoms with Gasteiger partial charge in [-0.25, -0.2) is 17.2 Å². The number of carbonyl (C=O) groups is 2. The lowest BCUT2D eigenvalue weighted by atomic mass is 9.91. The third kappa shape index (κ3) is 3.39. The Morgan fingerprint density at radius 3 is 2.32 bits per heavy atom. The summed E-state index contributed by atoms with van der Waals surface area (Å²) in [4.78, 5) is 26.1. The van der Waals surface area contributed by atoms with Crippen molar-refractivity contribution in [3.8, 4) is 0 Å². The molecule has 0 fully saturated rings. The molecule has 0 radical (unpaired) electrons. The van der Waals surface area contributed by atoms with Crippen LogP contribution in [-0.2, 0) is 14.8 Å². The zero-order valence-corrected chi connectivity index (χ0v) is 18.4. The highest BCUT2D eigenvalue weighted by Crippen LogP contribution is 2.44. The molecule has 0 amide bonds. The van der Waals surface area contributed by atoms with Crippen molar-refractivity contribution in [2.75, 3.05) is 6.61 Å². The van der Waals surface area contributed by atoms with Crippen molar-refractivity contribution in [3.05, 3.63) is 88.2 Å². The Kier molecular flexibility index (Phi) is 5.31.